The highest BCUT2D eigenvalue weighted by molar-refractivity contribution is 5.95. The van der Waals surface area contributed by atoms with E-state index in [0.717, 1.165) is 39.6 Å². The molecule has 0 radical (unpaired) electrons. The molecule has 0 saturated heterocycles. The van der Waals surface area contributed by atoms with Gasteiger partial charge < -0.3 is 13.9 Å². The number of nitrogens with zero attached hydrogens (tertiary/aromatic N) is 4. The minimum Gasteiger partial charge on any atom is -0.494 e. The zero-order valence-electron chi connectivity index (χ0n) is 23.2. The Morgan fingerprint density at radius 2 is 1.63 bits per heavy atom. The lowest BCUT2D eigenvalue weighted by Gasteiger charge is -2.13. The third-order valence-electron chi connectivity index (χ3n) is 6.99. The summed E-state index contributed by atoms with van der Waals surface area (Å²) in [5.41, 5.74) is 10.5. The molecule has 41 heavy (non-hydrogen) atoms. The Kier molecular flexibility index (Phi) is 7.51. The zero-order valence-corrected chi connectivity index (χ0v) is 23.2. The first-order chi connectivity index (χ1) is 19.8. The minimum atomic E-state index is -0.459. The van der Waals surface area contributed by atoms with Gasteiger partial charge in [-0.25, -0.2) is 5.43 Å². The number of amides is 1. The summed E-state index contributed by atoms with van der Waals surface area (Å²) in [5.74, 6) is 0.0541. The summed E-state index contributed by atoms with van der Waals surface area (Å²) in [7, 11) is 1.48. The molecule has 2 aromatic heterocycles. The second kappa shape index (κ2) is 11.4. The lowest BCUT2D eigenvalue weighted by Crippen LogP contribution is -2.17. The van der Waals surface area contributed by atoms with Gasteiger partial charge in [0, 0.05) is 40.0 Å². The highest BCUT2D eigenvalue weighted by Gasteiger charge is 2.17. The molecule has 206 valence electrons. The van der Waals surface area contributed by atoms with Gasteiger partial charge >= 0.3 is 0 Å². The van der Waals surface area contributed by atoms with E-state index in [9.17, 15) is 14.9 Å². The second-order valence-corrected chi connectivity index (χ2v) is 9.58. The van der Waals surface area contributed by atoms with Gasteiger partial charge in [-0.2, -0.15) is 5.10 Å². The number of non-ortho nitro benzene ring substituents is 1. The summed E-state index contributed by atoms with van der Waals surface area (Å²) in [5, 5.41) is 15.4. The molecule has 0 atom stereocenters. The van der Waals surface area contributed by atoms with Crippen LogP contribution in [0.2, 0.25) is 0 Å². The number of hydrogen-bond donors (Lipinski definition) is 1. The Morgan fingerprint density at radius 1 is 0.902 bits per heavy atom. The van der Waals surface area contributed by atoms with Crippen LogP contribution in [0.3, 0.4) is 0 Å². The summed E-state index contributed by atoms with van der Waals surface area (Å²) in [6.07, 6.45) is 1.58. The van der Waals surface area contributed by atoms with E-state index < -0.39 is 4.92 Å². The molecule has 0 aliphatic heterocycles. The average Bonchev–Trinajstić information content (AvgIpc) is 3.51. The molecule has 1 amide bonds. The van der Waals surface area contributed by atoms with Crippen molar-refractivity contribution in [3.8, 4) is 28.4 Å². The summed E-state index contributed by atoms with van der Waals surface area (Å²) >= 11 is 0. The van der Waals surface area contributed by atoms with E-state index in [1.165, 1.54) is 19.2 Å². The van der Waals surface area contributed by atoms with Crippen LogP contribution in [0.15, 0.2) is 96.1 Å². The third kappa shape index (κ3) is 5.38. The number of nitro groups is 1. The van der Waals surface area contributed by atoms with Crippen molar-refractivity contribution in [1.82, 2.24) is 14.6 Å². The predicted molar refractivity (Wildman–Crippen MR) is 159 cm³/mol. The molecule has 2 heterocycles. The van der Waals surface area contributed by atoms with Crippen molar-refractivity contribution in [3.05, 3.63) is 129 Å². The fraction of sp³-hybridized carbons (Fsp3) is 0.125. The summed E-state index contributed by atoms with van der Waals surface area (Å²) in [4.78, 5) is 23.5. The molecule has 9 heteroatoms. The maximum atomic E-state index is 12.8. The monoisotopic (exact) mass is 547 g/mol. The van der Waals surface area contributed by atoms with Gasteiger partial charge in [0.25, 0.3) is 11.6 Å². The highest BCUT2D eigenvalue weighted by atomic mass is 16.6. The van der Waals surface area contributed by atoms with Crippen molar-refractivity contribution in [1.29, 1.82) is 0 Å². The number of carbonyl (C=O) groups is 1. The fourth-order valence-corrected chi connectivity index (χ4v) is 4.96. The second-order valence-electron chi connectivity index (χ2n) is 9.58. The fourth-order valence-electron chi connectivity index (χ4n) is 4.96. The third-order valence-corrected chi connectivity index (χ3v) is 6.99. The van der Waals surface area contributed by atoms with Gasteiger partial charge in [-0.05, 0) is 74.9 Å². The van der Waals surface area contributed by atoms with Gasteiger partial charge in [-0.1, -0.05) is 30.3 Å². The molecule has 0 bridgehead atoms. The average molecular weight is 548 g/mol. The van der Waals surface area contributed by atoms with Crippen LogP contribution in [-0.4, -0.2) is 33.3 Å². The number of nitrogens with one attached hydrogen (secondary N) is 1. The van der Waals surface area contributed by atoms with Crippen LogP contribution >= 0.6 is 0 Å². The van der Waals surface area contributed by atoms with Gasteiger partial charge in [0.05, 0.1) is 35.7 Å². The largest absolute Gasteiger partial charge is 0.494 e. The van der Waals surface area contributed by atoms with E-state index in [4.69, 9.17) is 4.74 Å². The van der Waals surface area contributed by atoms with Crippen molar-refractivity contribution in [2.45, 2.75) is 20.8 Å². The van der Waals surface area contributed by atoms with Crippen molar-refractivity contribution >= 4 is 17.8 Å². The quantitative estimate of drug-likeness (QED) is 0.135. The Bertz CT molecular complexity index is 1770. The Balaban J connectivity index is 1.32. The molecule has 0 saturated carbocycles. The van der Waals surface area contributed by atoms with Crippen molar-refractivity contribution in [2.75, 3.05) is 7.11 Å². The molecular weight excluding hydrogens is 518 g/mol. The van der Waals surface area contributed by atoms with Gasteiger partial charge in [0.1, 0.15) is 5.75 Å². The summed E-state index contributed by atoms with van der Waals surface area (Å²) in [6, 6.07) is 28.1. The van der Waals surface area contributed by atoms with Crippen LogP contribution in [0.4, 0.5) is 5.69 Å². The molecule has 0 aliphatic carbocycles. The molecule has 0 unspecified atom stereocenters. The van der Waals surface area contributed by atoms with Gasteiger partial charge in [-0.15, -0.1) is 0 Å². The van der Waals surface area contributed by atoms with E-state index in [1.54, 1.807) is 24.4 Å². The lowest BCUT2D eigenvalue weighted by atomic mass is 10.1. The van der Waals surface area contributed by atoms with E-state index >= 15 is 0 Å². The molecule has 3 aromatic carbocycles. The van der Waals surface area contributed by atoms with Crippen molar-refractivity contribution in [3.63, 3.8) is 0 Å². The highest BCUT2D eigenvalue weighted by Crippen LogP contribution is 2.31. The van der Waals surface area contributed by atoms with E-state index in [0.29, 0.717) is 17.0 Å². The maximum Gasteiger partial charge on any atom is 0.273 e. The number of rotatable bonds is 8. The Hall–Kier alpha value is -5.44. The number of ether oxygens (including phenoxy) is 1. The van der Waals surface area contributed by atoms with E-state index in [2.05, 4.69) is 46.3 Å². The minimum absolute atomic E-state index is 0.0503. The van der Waals surface area contributed by atoms with Crippen LogP contribution in [0.5, 0.6) is 5.75 Å². The molecule has 5 rings (SSSR count). The first kappa shape index (κ1) is 27.1. The number of aryl methyl sites for hydroxylation is 2. The number of hydrazone groups is 1. The van der Waals surface area contributed by atoms with Crippen LogP contribution in [-0.2, 0) is 0 Å². The first-order valence-electron chi connectivity index (χ1n) is 13.0. The van der Waals surface area contributed by atoms with Crippen LogP contribution in [0.1, 0.15) is 33.0 Å². The van der Waals surface area contributed by atoms with Crippen molar-refractivity contribution in [2.24, 2.45) is 5.10 Å². The van der Waals surface area contributed by atoms with Crippen LogP contribution in [0, 0.1) is 30.9 Å². The van der Waals surface area contributed by atoms with E-state index in [-0.39, 0.29) is 11.6 Å². The number of methoxy groups -OCH3 is 1. The Morgan fingerprint density at radius 3 is 2.32 bits per heavy atom. The molecule has 5 aromatic rings. The number of nitro benzene ring substituents is 1. The summed E-state index contributed by atoms with van der Waals surface area (Å²) < 4.78 is 9.51. The van der Waals surface area contributed by atoms with Crippen LogP contribution < -0.4 is 10.2 Å². The normalized spacial score (nSPS) is 11.1. The first-order valence-corrected chi connectivity index (χ1v) is 13.0. The summed E-state index contributed by atoms with van der Waals surface area (Å²) in [6.45, 7) is 5.88. The molecule has 0 fully saturated rings. The molecule has 0 spiro atoms. The maximum absolute atomic E-state index is 12.8. The predicted octanol–water partition coefficient (Wildman–Crippen LogP) is 6.54. The van der Waals surface area contributed by atoms with Crippen molar-refractivity contribution < 1.29 is 14.5 Å². The zero-order chi connectivity index (χ0) is 29.1. The number of hydrogen-bond acceptors (Lipinski definition) is 5. The number of benzene rings is 3. The topological polar surface area (TPSA) is 104 Å². The van der Waals surface area contributed by atoms with Crippen LogP contribution in [0.25, 0.3) is 22.6 Å². The molecular formula is C32H29N5O4. The van der Waals surface area contributed by atoms with E-state index in [1.807, 2.05) is 54.8 Å². The number of aromatic nitrogens is 2. The van der Waals surface area contributed by atoms with Gasteiger partial charge in [-0.3, -0.25) is 14.9 Å². The SMILES string of the molecule is COc1cc([N+](=O)[O-])ccc1-n1c(C)cc(/C=N/NC(=O)c2ccc(-n3c(C)ccc3-c3ccccc3)cc2)c1C. The van der Waals surface area contributed by atoms with Gasteiger partial charge in [0.2, 0.25) is 0 Å². The smallest absolute Gasteiger partial charge is 0.273 e. The van der Waals surface area contributed by atoms with Gasteiger partial charge in [0.15, 0.2) is 0 Å². The standard InChI is InChI=1S/C32H29N5O4/c1-21-10-16-29(24-8-6-5-7-9-24)36(21)27-13-11-25(12-14-27)32(38)34-33-20-26-18-22(2)35(23(26)3)30-17-15-28(37(39)40)19-31(30)41-4/h5-20H,1-4H3,(H,34,38)/b33-20+. The number of carbonyl (C=O) groups excluding carboxylic acids is 1. The molecule has 1 N–H and O–H groups in total. The molecule has 0 aliphatic rings. The Labute approximate surface area is 237 Å². The molecule has 9 nitrogen and oxygen atoms in total. The lowest BCUT2D eigenvalue weighted by molar-refractivity contribution is -0.384.